The first-order valence-corrected chi connectivity index (χ1v) is 7.01. The van der Waals surface area contributed by atoms with Crippen molar-refractivity contribution in [2.75, 3.05) is 5.75 Å². The summed E-state index contributed by atoms with van der Waals surface area (Å²) in [5, 5.41) is 7.14. The monoisotopic (exact) mass is 255 g/mol. The molecule has 94 valence electrons. The van der Waals surface area contributed by atoms with Crippen LogP contribution in [0.15, 0.2) is 9.95 Å². The van der Waals surface area contributed by atoms with Gasteiger partial charge >= 0.3 is 5.69 Å². The van der Waals surface area contributed by atoms with Crippen LogP contribution < -0.4 is 5.69 Å². The van der Waals surface area contributed by atoms with Crippen molar-refractivity contribution in [2.24, 2.45) is 5.92 Å². The van der Waals surface area contributed by atoms with Crippen molar-refractivity contribution in [3.05, 3.63) is 10.5 Å². The maximum absolute atomic E-state index is 11.5. The van der Waals surface area contributed by atoms with Crippen LogP contribution in [0.1, 0.15) is 32.6 Å². The van der Waals surface area contributed by atoms with Gasteiger partial charge < -0.3 is 0 Å². The lowest BCUT2D eigenvalue weighted by atomic mass is 10.1. The number of hydrogen-bond donors (Lipinski definition) is 1. The molecule has 0 radical (unpaired) electrons. The number of aromatic amines is 1. The van der Waals surface area contributed by atoms with Gasteiger partial charge in [-0.3, -0.25) is 9.36 Å². The normalized spacial score (nSPS) is 20.1. The highest BCUT2D eigenvalue weighted by Crippen LogP contribution is 2.26. The van der Waals surface area contributed by atoms with Gasteiger partial charge in [0.05, 0.1) is 0 Å². The minimum absolute atomic E-state index is 0.160. The summed E-state index contributed by atoms with van der Waals surface area (Å²) in [6, 6.07) is 0. The third-order valence-electron chi connectivity index (χ3n) is 3.17. The molecule has 1 heterocycles. The highest BCUT2D eigenvalue weighted by Gasteiger charge is 2.23. The molecule has 1 saturated carbocycles. The molecular formula is C11H17N3O2S. The average Bonchev–Trinajstić information content (AvgIpc) is 2.86. The van der Waals surface area contributed by atoms with E-state index in [0.29, 0.717) is 12.3 Å². The Morgan fingerprint density at radius 3 is 3.00 bits per heavy atom. The number of carbonyl (C=O) groups excluding carboxylic acids is 1. The Kier molecular flexibility index (Phi) is 4.04. The van der Waals surface area contributed by atoms with E-state index in [4.69, 9.17) is 0 Å². The standard InChI is InChI=1S/C11H17N3O2S/c1-2-14-10(16)12-13-11(14)17-7-6-8-4-3-5-9(8)15/h8H,2-7H2,1H3,(H,12,16). The zero-order chi connectivity index (χ0) is 12.3. The Balaban J connectivity index is 1.85. The molecule has 1 aromatic heterocycles. The van der Waals surface area contributed by atoms with E-state index in [0.717, 1.165) is 36.6 Å². The molecular weight excluding hydrogens is 238 g/mol. The number of aromatic nitrogens is 3. The summed E-state index contributed by atoms with van der Waals surface area (Å²) in [6.07, 6.45) is 3.71. The maximum atomic E-state index is 11.5. The lowest BCUT2D eigenvalue weighted by Crippen LogP contribution is -2.16. The van der Waals surface area contributed by atoms with E-state index in [-0.39, 0.29) is 11.6 Å². The van der Waals surface area contributed by atoms with Gasteiger partial charge in [0.2, 0.25) is 0 Å². The molecule has 1 unspecified atom stereocenters. The number of nitrogens with zero attached hydrogens (tertiary/aromatic N) is 2. The van der Waals surface area contributed by atoms with Gasteiger partial charge in [-0.2, -0.15) is 0 Å². The topological polar surface area (TPSA) is 67.8 Å². The van der Waals surface area contributed by atoms with Crippen LogP contribution in [0.25, 0.3) is 0 Å². The summed E-state index contributed by atoms with van der Waals surface area (Å²) in [6.45, 7) is 2.54. The minimum atomic E-state index is -0.160. The highest BCUT2D eigenvalue weighted by molar-refractivity contribution is 7.99. The summed E-state index contributed by atoms with van der Waals surface area (Å²) in [5.74, 6) is 1.49. The summed E-state index contributed by atoms with van der Waals surface area (Å²) >= 11 is 1.55. The van der Waals surface area contributed by atoms with Crippen molar-refractivity contribution in [1.29, 1.82) is 0 Å². The number of Topliss-reactive ketones (excluding diaryl/α,β-unsaturated/α-hetero) is 1. The summed E-state index contributed by atoms with van der Waals surface area (Å²) in [5.41, 5.74) is -0.160. The largest absolute Gasteiger partial charge is 0.343 e. The number of nitrogens with one attached hydrogen (secondary N) is 1. The Bertz CT molecular complexity index is 452. The van der Waals surface area contributed by atoms with Crippen LogP contribution in [0.4, 0.5) is 0 Å². The SMILES string of the molecule is CCn1c(SCCC2CCCC2=O)n[nH]c1=O. The zero-order valence-electron chi connectivity index (χ0n) is 9.94. The van der Waals surface area contributed by atoms with Gasteiger partial charge in [-0.1, -0.05) is 11.8 Å². The van der Waals surface area contributed by atoms with E-state index >= 15 is 0 Å². The molecule has 5 nitrogen and oxygen atoms in total. The molecule has 2 rings (SSSR count). The predicted octanol–water partition coefficient (Wildman–Crippen LogP) is 1.44. The molecule has 1 aliphatic rings. The summed E-state index contributed by atoms with van der Waals surface area (Å²) in [4.78, 5) is 22.8. The van der Waals surface area contributed by atoms with E-state index in [1.54, 1.807) is 16.3 Å². The fourth-order valence-corrected chi connectivity index (χ4v) is 3.24. The Hall–Kier alpha value is -1.04. The average molecular weight is 255 g/mol. The van der Waals surface area contributed by atoms with Gasteiger partial charge in [0.1, 0.15) is 5.78 Å². The van der Waals surface area contributed by atoms with Crippen molar-refractivity contribution in [3.63, 3.8) is 0 Å². The first kappa shape index (κ1) is 12.4. The highest BCUT2D eigenvalue weighted by atomic mass is 32.2. The number of rotatable bonds is 5. The van der Waals surface area contributed by atoms with Crippen LogP contribution in [0.2, 0.25) is 0 Å². The third kappa shape index (κ3) is 2.80. The van der Waals surface area contributed by atoms with E-state index in [1.807, 2.05) is 6.92 Å². The second kappa shape index (κ2) is 5.53. The van der Waals surface area contributed by atoms with Gasteiger partial charge in [-0.25, -0.2) is 9.89 Å². The third-order valence-corrected chi connectivity index (χ3v) is 4.18. The van der Waals surface area contributed by atoms with Gasteiger partial charge in [-0.15, -0.1) is 5.10 Å². The van der Waals surface area contributed by atoms with Gasteiger partial charge in [0.15, 0.2) is 5.16 Å². The molecule has 0 saturated heterocycles. The molecule has 17 heavy (non-hydrogen) atoms. The molecule has 0 aromatic carbocycles. The van der Waals surface area contributed by atoms with Gasteiger partial charge in [0.25, 0.3) is 0 Å². The molecule has 0 spiro atoms. The molecule has 6 heteroatoms. The van der Waals surface area contributed by atoms with Crippen molar-refractivity contribution in [2.45, 2.75) is 44.3 Å². The van der Waals surface area contributed by atoms with Crippen LogP contribution in [0, 0.1) is 5.92 Å². The molecule has 1 atom stereocenters. The first-order chi connectivity index (χ1) is 8.22. The van der Waals surface area contributed by atoms with Crippen LogP contribution in [-0.4, -0.2) is 26.3 Å². The molecule has 1 N–H and O–H groups in total. The fraction of sp³-hybridized carbons (Fsp3) is 0.727. The molecule has 0 amide bonds. The number of carbonyl (C=O) groups is 1. The van der Waals surface area contributed by atoms with Crippen LogP contribution in [-0.2, 0) is 11.3 Å². The zero-order valence-corrected chi connectivity index (χ0v) is 10.8. The first-order valence-electron chi connectivity index (χ1n) is 6.03. The molecule has 1 aromatic rings. The van der Waals surface area contributed by atoms with Crippen molar-refractivity contribution in [3.8, 4) is 0 Å². The minimum Gasteiger partial charge on any atom is -0.299 e. The number of thioether (sulfide) groups is 1. The quantitative estimate of drug-likeness (QED) is 0.808. The summed E-state index contributed by atoms with van der Waals surface area (Å²) in [7, 11) is 0. The smallest absolute Gasteiger partial charge is 0.299 e. The lowest BCUT2D eigenvalue weighted by Gasteiger charge is -2.06. The van der Waals surface area contributed by atoms with E-state index in [9.17, 15) is 9.59 Å². The molecule has 1 fully saturated rings. The van der Waals surface area contributed by atoms with Crippen molar-refractivity contribution in [1.82, 2.24) is 14.8 Å². The van der Waals surface area contributed by atoms with Crippen molar-refractivity contribution >= 4 is 17.5 Å². The Labute approximate surface area is 104 Å². The Morgan fingerprint density at radius 2 is 2.35 bits per heavy atom. The number of ketones is 1. The Morgan fingerprint density at radius 1 is 1.53 bits per heavy atom. The van der Waals surface area contributed by atoms with Crippen LogP contribution >= 0.6 is 11.8 Å². The van der Waals surface area contributed by atoms with Crippen LogP contribution in [0.5, 0.6) is 0 Å². The van der Waals surface area contributed by atoms with E-state index < -0.39 is 0 Å². The predicted molar refractivity (Wildman–Crippen MR) is 66.2 cm³/mol. The van der Waals surface area contributed by atoms with E-state index in [2.05, 4.69) is 10.2 Å². The molecule has 1 aliphatic carbocycles. The van der Waals surface area contributed by atoms with Crippen LogP contribution in [0.3, 0.4) is 0 Å². The second-order valence-corrected chi connectivity index (χ2v) is 5.31. The lowest BCUT2D eigenvalue weighted by molar-refractivity contribution is -0.120. The molecule has 0 bridgehead atoms. The van der Waals surface area contributed by atoms with Crippen molar-refractivity contribution < 1.29 is 4.79 Å². The molecule has 0 aliphatic heterocycles. The fourth-order valence-electron chi connectivity index (χ4n) is 2.18. The van der Waals surface area contributed by atoms with Gasteiger partial charge in [-0.05, 0) is 26.2 Å². The van der Waals surface area contributed by atoms with E-state index in [1.165, 1.54) is 0 Å². The van der Waals surface area contributed by atoms with Gasteiger partial charge in [0, 0.05) is 24.6 Å². The summed E-state index contributed by atoms with van der Waals surface area (Å²) < 4.78 is 1.61. The number of hydrogen-bond acceptors (Lipinski definition) is 4. The second-order valence-electron chi connectivity index (χ2n) is 4.25. The number of H-pyrrole nitrogens is 1. The maximum Gasteiger partial charge on any atom is 0.343 e.